The van der Waals surface area contributed by atoms with Gasteiger partial charge in [0.25, 0.3) is 0 Å². The van der Waals surface area contributed by atoms with Gasteiger partial charge in [-0.2, -0.15) is 0 Å². The minimum absolute atomic E-state index is 0.311. The smallest absolute Gasteiger partial charge is 0.120 e. The van der Waals surface area contributed by atoms with Gasteiger partial charge >= 0.3 is 0 Å². The molecule has 1 aromatic carbocycles. The van der Waals surface area contributed by atoms with E-state index < -0.39 is 0 Å². The lowest BCUT2D eigenvalue weighted by molar-refractivity contribution is 0.226. The van der Waals surface area contributed by atoms with Crippen molar-refractivity contribution in [1.29, 1.82) is 0 Å². The predicted octanol–water partition coefficient (Wildman–Crippen LogP) is 2.23. The second-order valence-corrected chi connectivity index (χ2v) is 5.19. The van der Waals surface area contributed by atoms with Gasteiger partial charge in [0.15, 0.2) is 0 Å². The molecule has 17 heavy (non-hydrogen) atoms. The molecule has 3 nitrogen and oxygen atoms in total. The Morgan fingerprint density at radius 1 is 1.53 bits per heavy atom. The fraction of sp³-hybridized carbons (Fsp3) is 0.538. The molecule has 2 rings (SSSR count). The minimum Gasteiger partial charge on any atom is -0.508 e. The molecule has 1 saturated heterocycles. The lowest BCUT2D eigenvalue weighted by Gasteiger charge is -2.30. The van der Waals surface area contributed by atoms with Crippen LogP contribution in [0, 0.1) is 0 Å². The van der Waals surface area contributed by atoms with Crippen molar-refractivity contribution < 1.29 is 5.11 Å². The summed E-state index contributed by atoms with van der Waals surface area (Å²) >= 11 is 5.91. The second-order valence-electron chi connectivity index (χ2n) is 4.76. The zero-order chi connectivity index (χ0) is 12.3. The fourth-order valence-electron chi connectivity index (χ4n) is 2.28. The first-order chi connectivity index (χ1) is 8.15. The highest BCUT2D eigenvalue weighted by atomic mass is 35.5. The van der Waals surface area contributed by atoms with Crippen molar-refractivity contribution in [3.63, 3.8) is 0 Å². The number of piperidine rings is 1. The molecule has 1 atom stereocenters. The van der Waals surface area contributed by atoms with Gasteiger partial charge in [0.1, 0.15) is 5.75 Å². The van der Waals surface area contributed by atoms with E-state index >= 15 is 0 Å². The Morgan fingerprint density at radius 2 is 2.35 bits per heavy atom. The van der Waals surface area contributed by atoms with Crippen molar-refractivity contribution in [2.24, 2.45) is 0 Å². The van der Waals surface area contributed by atoms with Crippen LogP contribution >= 0.6 is 11.6 Å². The topological polar surface area (TPSA) is 35.5 Å². The van der Waals surface area contributed by atoms with Crippen LogP contribution in [0.3, 0.4) is 0 Å². The van der Waals surface area contributed by atoms with Gasteiger partial charge in [-0.05, 0) is 44.6 Å². The van der Waals surface area contributed by atoms with Gasteiger partial charge in [0.05, 0.1) is 0 Å². The van der Waals surface area contributed by atoms with Crippen LogP contribution in [0.15, 0.2) is 18.2 Å². The van der Waals surface area contributed by atoms with Gasteiger partial charge in [0, 0.05) is 29.7 Å². The third-order valence-corrected chi connectivity index (χ3v) is 3.48. The molecule has 1 heterocycles. The highest BCUT2D eigenvalue weighted by Crippen LogP contribution is 2.21. The number of halogens is 1. The first-order valence-corrected chi connectivity index (χ1v) is 6.42. The van der Waals surface area contributed by atoms with Gasteiger partial charge in [-0.25, -0.2) is 0 Å². The number of phenols is 1. The predicted molar refractivity (Wildman–Crippen MR) is 70.5 cm³/mol. The SMILES string of the molecule is CN1CCCC(NCc2cc(Cl)ccc2O)C1. The molecular weight excluding hydrogens is 236 g/mol. The summed E-state index contributed by atoms with van der Waals surface area (Å²) in [4.78, 5) is 2.33. The van der Waals surface area contributed by atoms with Crippen molar-refractivity contribution in [2.75, 3.05) is 20.1 Å². The van der Waals surface area contributed by atoms with E-state index in [1.165, 1.54) is 19.4 Å². The Bertz CT molecular complexity index is 384. The van der Waals surface area contributed by atoms with Crippen LogP contribution in [0.4, 0.5) is 0 Å². The molecule has 2 N–H and O–H groups in total. The van der Waals surface area contributed by atoms with Crippen LogP contribution in [0.2, 0.25) is 5.02 Å². The van der Waals surface area contributed by atoms with E-state index in [9.17, 15) is 5.11 Å². The highest BCUT2D eigenvalue weighted by Gasteiger charge is 2.16. The van der Waals surface area contributed by atoms with Crippen LogP contribution in [-0.4, -0.2) is 36.2 Å². The Balaban J connectivity index is 1.90. The fourth-order valence-corrected chi connectivity index (χ4v) is 2.48. The Labute approximate surface area is 107 Å². The van der Waals surface area contributed by atoms with Crippen molar-refractivity contribution in [3.8, 4) is 5.75 Å². The van der Waals surface area contributed by atoms with Crippen molar-refractivity contribution in [1.82, 2.24) is 10.2 Å². The first kappa shape index (κ1) is 12.7. The molecule has 4 heteroatoms. The monoisotopic (exact) mass is 254 g/mol. The van der Waals surface area contributed by atoms with Gasteiger partial charge in [0.2, 0.25) is 0 Å². The Morgan fingerprint density at radius 3 is 3.12 bits per heavy atom. The minimum atomic E-state index is 0.311. The van der Waals surface area contributed by atoms with Crippen LogP contribution in [0.1, 0.15) is 18.4 Å². The summed E-state index contributed by atoms with van der Waals surface area (Å²) < 4.78 is 0. The molecule has 1 unspecified atom stereocenters. The zero-order valence-electron chi connectivity index (χ0n) is 10.1. The summed E-state index contributed by atoms with van der Waals surface area (Å²) in [6.07, 6.45) is 2.43. The number of aromatic hydroxyl groups is 1. The Kier molecular flexibility index (Phi) is 4.26. The number of nitrogens with one attached hydrogen (secondary N) is 1. The average molecular weight is 255 g/mol. The molecule has 1 fully saturated rings. The number of nitrogens with zero attached hydrogens (tertiary/aromatic N) is 1. The van der Waals surface area contributed by atoms with Gasteiger partial charge in [-0.15, -0.1) is 0 Å². The average Bonchev–Trinajstić information content (AvgIpc) is 2.30. The summed E-state index contributed by atoms with van der Waals surface area (Å²) in [5, 5.41) is 13.9. The molecule has 0 aromatic heterocycles. The maximum absolute atomic E-state index is 9.71. The normalized spacial score (nSPS) is 21.6. The third-order valence-electron chi connectivity index (χ3n) is 3.25. The number of phenolic OH excluding ortho intramolecular Hbond substituents is 1. The molecule has 0 bridgehead atoms. The molecule has 0 amide bonds. The molecule has 1 aromatic rings. The van der Waals surface area contributed by atoms with Crippen molar-refractivity contribution in [2.45, 2.75) is 25.4 Å². The van der Waals surface area contributed by atoms with E-state index in [-0.39, 0.29) is 0 Å². The van der Waals surface area contributed by atoms with E-state index in [2.05, 4.69) is 17.3 Å². The third kappa shape index (κ3) is 3.60. The van der Waals surface area contributed by atoms with Crippen LogP contribution in [-0.2, 0) is 6.54 Å². The lowest BCUT2D eigenvalue weighted by atomic mass is 10.1. The molecular formula is C13H19ClN2O. The number of hydrogen-bond acceptors (Lipinski definition) is 3. The summed E-state index contributed by atoms with van der Waals surface area (Å²) in [5.74, 6) is 0.311. The van der Waals surface area contributed by atoms with Crippen LogP contribution in [0.25, 0.3) is 0 Å². The van der Waals surface area contributed by atoms with E-state index in [0.717, 1.165) is 12.1 Å². The van der Waals surface area contributed by atoms with Gasteiger partial charge in [-0.1, -0.05) is 11.6 Å². The molecule has 0 radical (unpaired) electrons. The summed E-state index contributed by atoms with van der Waals surface area (Å²) in [7, 11) is 2.14. The molecule has 0 aliphatic carbocycles. The maximum atomic E-state index is 9.71. The molecule has 0 saturated carbocycles. The lowest BCUT2D eigenvalue weighted by Crippen LogP contribution is -2.43. The number of rotatable bonds is 3. The van der Waals surface area contributed by atoms with E-state index in [1.807, 2.05) is 6.07 Å². The van der Waals surface area contributed by atoms with Gasteiger partial charge < -0.3 is 15.3 Å². The van der Waals surface area contributed by atoms with Crippen LogP contribution < -0.4 is 5.32 Å². The van der Waals surface area contributed by atoms with E-state index in [4.69, 9.17) is 11.6 Å². The molecule has 1 aliphatic rings. The maximum Gasteiger partial charge on any atom is 0.120 e. The number of hydrogen-bond donors (Lipinski definition) is 2. The first-order valence-electron chi connectivity index (χ1n) is 6.04. The van der Waals surface area contributed by atoms with Crippen LogP contribution in [0.5, 0.6) is 5.75 Å². The second kappa shape index (κ2) is 5.71. The summed E-state index contributed by atoms with van der Waals surface area (Å²) in [6.45, 7) is 2.92. The highest BCUT2D eigenvalue weighted by molar-refractivity contribution is 6.30. The summed E-state index contributed by atoms with van der Waals surface area (Å²) in [6, 6.07) is 5.67. The van der Waals surface area contributed by atoms with Crippen molar-refractivity contribution in [3.05, 3.63) is 28.8 Å². The van der Waals surface area contributed by atoms with Crippen molar-refractivity contribution >= 4 is 11.6 Å². The standard InChI is InChI=1S/C13H19ClN2O/c1-16-6-2-3-12(9-16)15-8-10-7-11(14)4-5-13(10)17/h4-5,7,12,15,17H,2-3,6,8-9H2,1H3. The molecule has 94 valence electrons. The molecule has 0 spiro atoms. The molecule has 1 aliphatic heterocycles. The quantitative estimate of drug-likeness (QED) is 0.868. The Hall–Kier alpha value is -0.770. The number of likely N-dealkylation sites (N-methyl/N-ethyl adjacent to an activating group) is 1. The number of benzene rings is 1. The van der Waals surface area contributed by atoms with E-state index in [1.54, 1.807) is 12.1 Å². The van der Waals surface area contributed by atoms with E-state index in [0.29, 0.717) is 23.4 Å². The number of likely N-dealkylation sites (tertiary alicyclic amines) is 1. The summed E-state index contributed by atoms with van der Waals surface area (Å²) in [5.41, 5.74) is 0.866. The zero-order valence-corrected chi connectivity index (χ0v) is 10.9. The van der Waals surface area contributed by atoms with Gasteiger partial charge in [-0.3, -0.25) is 0 Å². The largest absolute Gasteiger partial charge is 0.508 e.